The molecule has 3 unspecified atom stereocenters. The molecule has 0 saturated carbocycles. The van der Waals surface area contributed by atoms with Crippen molar-refractivity contribution in [1.29, 1.82) is 0 Å². The summed E-state index contributed by atoms with van der Waals surface area (Å²) in [6, 6.07) is -1.56. The van der Waals surface area contributed by atoms with E-state index in [0.29, 0.717) is 12.8 Å². The third kappa shape index (κ3) is 43.3. The molecule has 0 spiro atoms. The number of carbonyl (C=O) groups excluding carboxylic acids is 2. The first-order valence-corrected chi connectivity index (χ1v) is 25.1. The fourth-order valence-corrected chi connectivity index (χ4v) is 6.79. The van der Waals surface area contributed by atoms with E-state index in [-0.39, 0.29) is 12.8 Å². The number of aliphatic carboxylic acids is 1. The standard InChI is InChI=1S/C50H84NO10P/c1-3-5-7-9-11-13-15-17-19-21-22-23-24-26-27-29-31-33-35-37-39-41-48(53)51-47(50(55)56)45-61-62(57,58)60-44-46(52)43-59-49(54)42-40-38-36-34-32-30-28-25-20-18-16-14-12-10-8-6-4-2/h6,8,11-14,17-20,22-23,26-27,46-47,52H,3-5,7,9-10,15-16,21,24-25,28-45H2,1-2H3,(H,51,53)(H,55,56)(H,57,58)/b8-6-,13-11-,14-12-,19-17-,20-18-,23-22-,27-26-. The van der Waals surface area contributed by atoms with Crippen LogP contribution in [0.3, 0.4) is 0 Å². The van der Waals surface area contributed by atoms with Crippen molar-refractivity contribution in [3.63, 3.8) is 0 Å². The number of hydrogen-bond acceptors (Lipinski definition) is 8. The predicted molar refractivity (Wildman–Crippen MR) is 254 cm³/mol. The van der Waals surface area contributed by atoms with E-state index in [1.807, 2.05) is 0 Å². The van der Waals surface area contributed by atoms with Crippen molar-refractivity contribution in [2.24, 2.45) is 0 Å². The average molecular weight is 890 g/mol. The molecule has 0 aliphatic heterocycles. The first-order valence-electron chi connectivity index (χ1n) is 23.6. The lowest BCUT2D eigenvalue weighted by Gasteiger charge is -2.18. The molecule has 11 nitrogen and oxygen atoms in total. The van der Waals surface area contributed by atoms with Crippen LogP contribution in [0.15, 0.2) is 85.1 Å². The van der Waals surface area contributed by atoms with Crippen LogP contribution < -0.4 is 5.32 Å². The van der Waals surface area contributed by atoms with E-state index in [2.05, 4.69) is 104 Å². The molecule has 0 rings (SSSR count). The van der Waals surface area contributed by atoms with Gasteiger partial charge in [0.05, 0.1) is 13.2 Å². The largest absolute Gasteiger partial charge is 0.480 e. The smallest absolute Gasteiger partial charge is 0.472 e. The number of unbranched alkanes of at least 4 members (excludes halogenated alkanes) is 15. The first-order chi connectivity index (χ1) is 30.1. The van der Waals surface area contributed by atoms with Crippen LogP contribution in [-0.2, 0) is 32.7 Å². The lowest BCUT2D eigenvalue weighted by molar-refractivity contribution is -0.147. The molecule has 0 fully saturated rings. The van der Waals surface area contributed by atoms with Crippen molar-refractivity contribution in [3.8, 4) is 0 Å². The molecule has 4 N–H and O–H groups in total. The summed E-state index contributed by atoms with van der Waals surface area (Å²) in [5.41, 5.74) is 0. The SMILES string of the molecule is CC/C=C\C/C=C\C/C=C\CCCCCCCCCC(=O)OCC(O)COP(=O)(O)OCC(NC(=O)CCCCCCC/C=C\C/C=C\C/C=C\C/C=C\CCCCC)C(=O)O. The van der Waals surface area contributed by atoms with Crippen molar-refractivity contribution in [3.05, 3.63) is 85.1 Å². The van der Waals surface area contributed by atoms with E-state index in [0.717, 1.165) is 103 Å². The Labute approximate surface area is 375 Å². The van der Waals surface area contributed by atoms with Gasteiger partial charge in [-0.3, -0.25) is 18.6 Å². The van der Waals surface area contributed by atoms with E-state index in [9.17, 15) is 34.1 Å². The number of esters is 1. The van der Waals surface area contributed by atoms with Crippen LogP contribution in [0.4, 0.5) is 0 Å². The van der Waals surface area contributed by atoms with Gasteiger partial charge in [-0.15, -0.1) is 0 Å². The number of rotatable bonds is 43. The molecule has 0 aliphatic rings. The minimum atomic E-state index is -4.77. The van der Waals surface area contributed by atoms with Gasteiger partial charge in [-0.2, -0.15) is 0 Å². The molecule has 0 bridgehead atoms. The van der Waals surface area contributed by atoms with Crippen molar-refractivity contribution < 1.29 is 47.8 Å². The Kier molecular flexibility index (Phi) is 41.9. The van der Waals surface area contributed by atoms with Gasteiger partial charge in [-0.25, -0.2) is 9.36 Å². The van der Waals surface area contributed by atoms with Gasteiger partial charge < -0.3 is 25.2 Å². The molecule has 0 aromatic rings. The highest BCUT2D eigenvalue weighted by Gasteiger charge is 2.28. The Morgan fingerprint density at radius 3 is 1.40 bits per heavy atom. The molecule has 0 aromatic heterocycles. The summed E-state index contributed by atoms with van der Waals surface area (Å²) in [7, 11) is -4.77. The summed E-state index contributed by atoms with van der Waals surface area (Å²) in [5.74, 6) is -2.42. The zero-order valence-corrected chi connectivity index (χ0v) is 39.3. The molecule has 12 heteroatoms. The number of aliphatic hydroxyl groups excluding tert-OH is 1. The predicted octanol–water partition coefficient (Wildman–Crippen LogP) is 12.7. The Balaban J connectivity index is 3.94. The summed E-state index contributed by atoms with van der Waals surface area (Å²) in [4.78, 5) is 46.0. The Hall–Kier alpha value is -3.34. The number of allylic oxidation sites excluding steroid dienone is 14. The second kappa shape index (κ2) is 44.3. The van der Waals surface area contributed by atoms with Crippen LogP contribution >= 0.6 is 7.82 Å². The minimum absolute atomic E-state index is 0.119. The van der Waals surface area contributed by atoms with Gasteiger partial charge in [0.15, 0.2) is 6.04 Å². The summed E-state index contributed by atoms with van der Waals surface area (Å²) in [6.07, 6.45) is 54.5. The third-order valence-corrected chi connectivity index (χ3v) is 10.6. The van der Waals surface area contributed by atoms with Crippen LogP contribution in [0.25, 0.3) is 0 Å². The third-order valence-electron chi connectivity index (χ3n) is 9.67. The van der Waals surface area contributed by atoms with Crippen molar-refractivity contribution in [2.75, 3.05) is 19.8 Å². The van der Waals surface area contributed by atoms with Crippen LogP contribution in [0.2, 0.25) is 0 Å². The Morgan fingerprint density at radius 1 is 0.532 bits per heavy atom. The highest BCUT2D eigenvalue weighted by atomic mass is 31.2. The molecule has 0 radical (unpaired) electrons. The maximum atomic E-state index is 12.3. The van der Waals surface area contributed by atoms with Crippen LogP contribution in [0, 0.1) is 0 Å². The molecule has 0 aromatic carbocycles. The van der Waals surface area contributed by atoms with Crippen molar-refractivity contribution >= 4 is 25.7 Å². The first kappa shape index (κ1) is 58.7. The van der Waals surface area contributed by atoms with Gasteiger partial charge in [0.2, 0.25) is 5.91 Å². The monoisotopic (exact) mass is 890 g/mol. The Bertz CT molecular complexity index is 1370. The van der Waals surface area contributed by atoms with Gasteiger partial charge in [0.1, 0.15) is 12.7 Å². The highest BCUT2D eigenvalue weighted by Crippen LogP contribution is 2.43. The molecular weight excluding hydrogens is 806 g/mol. The number of hydrogen-bond donors (Lipinski definition) is 4. The van der Waals surface area contributed by atoms with E-state index in [1.54, 1.807) is 0 Å². The number of carboxylic acid groups (broad SMARTS) is 1. The Morgan fingerprint density at radius 2 is 0.935 bits per heavy atom. The lowest BCUT2D eigenvalue weighted by Crippen LogP contribution is -2.43. The van der Waals surface area contributed by atoms with Crippen molar-refractivity contribution in [2.45, 2.75) is 193 Å². The molecule has 354 valence electrons. The molecule has 0 heterocycles. The van der Waals surface area contributed by atoms with Crippen LogP contribution in [0.5, 0.6) is 0 Å². The highest BCUT2D eigenvalue weighted by molar-refractivity contribution is 7.47. The summed E-state index contributed by atoms with van der Waals surface area (Å²) in [6.45, 7) is 2.43. The number of phosphoric ester groups is 1. The molecule has 0 saturated heterocycles. The topological polar surface area (TPSA) is 169 Å². The molecular formula is C50H84NO10P. The van der Waals surface area contributed by atoms with Gasteiger partial charge in [0.25, 0.3) is 0 Å². The van der Waals surface area contributed by atoms with Gasteiger partial charge in [0, 0.05) is 12.8 Å². The summed E-state index contributed by atoms with van der Waals surface area (Å²) >= 11 is 0. The zero-order chi connectivity index (χ0) is 45.6. The number of nitrogens with one attached hydrogen (secondary N) is 1. The number of carboxylic acids is 1. The molecule has 0 aliphatic carbocycles. The van der Waals surface area contributed by atoms with Gasteiger partial charge >= 0.3 is 19.8 Å². The summed E-state index contributed by atoms with van der Waals surface area (Å²) in [5, 5.41) is 21.9. The van der Waals surface area contributed by atoms with E-state index < -0.39 is 57.6 Å². The molecule has 62 heavy (non-hydrogen) atoms. The van der Waals surface area contributed by atoms with Crippen molar-refractivity contribution in [1.82, 2.24) is 5.32 Å². The minimum Gasteiger partial charge on any atom is -0.480 e. The molecule has 3 atom stereocenters. The van der Waals surface area contributed by atoms with E-state index in [1.165, 1.54) is 38.5 Å². The fourth-order valence-electron chi connectivity index (χ4n) is 6.02. The zero-order valence-electron chi connectivity index (χ0n) is 38.4. The second-order valence-electron chi connectivity index (χ2n) is 15.6. The average Bonchev–Trinajstić information content (AvgIpc) is 3.25. The molecule has 1 amide bonds. The number of phosphoric acid groups is 1. The van der Waals surface area contributed by atoms with Crippen LogP contribution in [-0.4, -0.2) is 64.9 Å². The number of amides is 1. The van der Waals surface area contributed by atoms with E-state index >= 15 is 0 Å². The maximum Gasteiger partial charge on any atom is 0.472 e. The normalized spacial score (nSPS) is 14.4. The summed E-state index contributed by atoms with van der Waals surface area (Å²) < 4.78 is 26.9. The quantitative estimate of drug-likeness (QED) is 0.0200. The lowest BCUT2D eigenvalue weighted by atomic mass is 10.1. The fraction of sp³-hybridized carbons (Fsp3) is 0.660. The van der Waals surface area contributed by atoms with Gasteiger partial charge in [-0.05, 0) is 89.9 Å². The van der Waals surface area contributed by atoms with E-state index in [4.69, 9.17) is 13.8 Å². The van der Waals surface area contributed by atoms with Gasteiger partial charge in [-0.1, -0.05) is 163 Å². The van der Waals surface area contributed by atoms with Crippen LogP contribution in [0.1, 0.15) is 181 Å². The maximum absolute atomic E-state index is 12.3. The number of ether oxygens (including phenoxy) is 1. The number of aliphatic hydroxyl groups is 1. The number of carbonyl (C=O) groups is 3. The second-order valence-corrected chi connectivity index (χ2v) is 17.0.